The molecule has 1 N–H and O–H groups in total. The van der Waals surface area contributed by atoms with E-state index in [0.29, 0.717) is 16.2 Å². The highest BCUT2D eigenvalue weighted by Crippen LogP contribution is 2.84. The summed E-state index contributed by atoms with van der Waals surface area (Å²) in [5.74, 6) is 2.60. The number of nitrogens with one attached hydrogen (secondary N) is 1. The van der Waals surface area contributed by atoms with E-state index >= 15 is 0 Å². The van der Waals surface area contributed by atoms with Gasteiger partial charge in [-0.3, -0.25) is 0 Å². The van der Waals surface area contributed by atoms with Crippen LogP contribution in [-0.2, 0) is 4.74 Å². The zero-order chi connectivity index (χ0) is 15.7. The topological polar surface area (TPSA) is 21.3 Å². The monoisotopic (exact) mass is 315 g/mol. The molecule has 7 aliphatic rings. The standard InChI is InChI=1S/C21H33NO/c1-13(2)14-5-9-18(3)15-6-10-19-7-4-8-21(19)20(18,11-12-23-21)16(14)22-17(15)19/h13-17,22H,4-12H2,1-3H3/t14?,15?,16?,17?,18?,19?,20?,21-/m0/s1. The van der Waals surface area contributed by atoms with Gasteiger partial charge in [0.2, 0.25) is 0 Å². The zero-order valence-corrected chi connectivity index (χ0v) is 15.2. The average molecular weight is 316 g/mol. The average Bonchev–Trinajstić information content (AvgIpc) is 3.16. The molecule has 0 aromatic rings. The molecule has 3 saturated heterocycles. The fourth-order valence-corrected chi connectivity index (χ4v) is 9.94. The Labute approximate surface area is 141 Å². The summed E-state index contributed by atoms with van der Waals surface area (Å²) in [6.45, 7) is 8.68. The third kappa shape index (κ3) is 1.10. The second-order valence-electron chi connectivity index (χ2n) is 10.5. The molecule has 0 aromatic heterocycles. The van der Waals surface area contributed by atoms with Crippen LogP contribution in [-0.4, -0.2) is 24.3 Å². The van der Waals surface area contributed by atoms with Crippen LogP contribution in [0.4, 0.5) is 0 Å². The maximum Gasteiger partial charge on any atom is 0.0830 e. The van der Waals surface area contributed by atoms with Crippen molar-refractivity contribution >= 4 is 0 Å². The van der Waals surface area contributed by atoms with Crippen molar-refractivity contribution in [2.45, 2.75) is 89.8 Å². The van der Waals surface area contributed by atoms with Gasteiger partial charge >= 0.3 is 0 Å². The molecule has 7 rings (SSSR count). The summed E-state index contributed by atoms with van der Waals surface area (Å²) in [5, 5.41) is 4.34. The van der Waals surface area contributed by atoms with Gasteiger partial charge in [-0.2, -0.15) is 0 Å². The predicted octanol–water partition coefficient (Wildman–Crippen LogP) is 4.14. The van der Waals surface area contributed by atoms with E-state index in [4.69, 9.17) is 4.74 Å². The van der Waals surface area contributed by atoms with Crippen LogP contribution in [0.2, 0.25) is 0 Å². The van der Waals surface area contributed by atoms with Gasteiger partial charge in [0.1, 0.15) is 0 Å². The molecular weight excluding hydrogens is 282 g/mol. The van der Waals surface area contributed by atoms with Crippen molar-refractivity contribution in [1.29, 1.82) is 0 Å². The second-order valence-corrected chi connectivity index (χ2v) is 10.5. The molecule has 2 nitrogen and oxygen atoms in total. The van der Waals surface area contributed by atoms with Crippen molar-refractivity contribution in [1.82, 2.24) is 5.32 Å². The Morgan fingerprint density at radius 3 is 2.70 bits per heavy atom. The number of piperidine rings is 2. The minimum atomic E-state index is 0.246. The predicted molar refractivity (Wildman–Crippen MR) is 91.1 cm³/mol. The minimum absolute atomic E-state index is 0.246. The van der Waals surface area contributed by atoms with E-state index in [9.17, 15) is 0 Å². The van der Waals surface area contributed by atoms with Gasteiger partial charge < -0.3 is 10.1 Å². The van der Waals surface area contributed by atoms with E-state index < -0.39 is 0 Å². The molecule has 2 heteroatoms. The maximum absolute atomic E-state index is 6.90. The Balaban J connectivity index is 1.64. The molecule has 7 fully saturated rings. The molecule has 3 heterocycles. The van der Waals surface area contributed by atoms with Crippen molar-refractivity contribution in [3.05, 3.63) is 0 Å². The summed E-state index contributed by atoms with van der Waals surface area (Å²) in [7, 11) is 0. The minimum Gasteiger partial charge on any atom is -0.374 e. The van der Waals surface area contributed by atoms with E-state index in [2.05, 4.69) is 26.1 Å². The number of hydrogen-bond donors (Lipinski definition) is 1. The summed E-state index contributed by atoms with van der Waals surface area (Å²) >= 11 is 0. The SMILES string of the molecule is CC(C)C1CCC2(C)C3CCC45CCC[C@]46OCCC26C1NC35. The molecule has 23 heavy (non-hydrogen) atoms. The summed E-state index contributed by atoms with van der Waals surface area (Å²) in [6.07, 6.45) is 11.4. The van der Waals surface area contributed by atoms with Gasteiger partial charge in [-0.15, -0.1) is 0 Å². The second kappa shape index (κ2) is 3.85. The Bertz CT molecular complexity index is 570. The van der Waals surface area contributed by atoms with E-state index in [0.717, 1.165) is 36.4 Å². The highest BCUT2D eigenvalue weighted by atomic mass is 16.5. The van der Waals surface area contributed by atoms with Crippen LogP contribution in [0.5, 0.6) is 0 Å². The fraction of sp³-hybridized carbons (Fsp3) is 1.00. The third-order valence-corrected chi connectivity index (χ3v) is 10.4. The molecule has 6 bridgehead atoms. The first-order valence-electron chi connectivity index (χ1n) is 10.4. The number of hydrogen-bond acceptors (Lipinski definition) is 2. The molecule has 3 aliphatic heterocycles. The van der Waals surface area contributed by atoms with Crippen molar-refractivity contribution in [2.75, 3.05) is 6.61 Å². The first kappa shape index (κ1) is 14.1. The smallest absolute Gasteiger partial charge is 0.0830 e. The van der Waals surface area contributed by atoms with Crippen LogP contribution in [0.1, 0.15) is 72.1 Å². The third-order valence-electron chi connectivity index (χ3n) is 10.4. The van der Waals surface area contributed by atoms with Gasteiger partial charge in [0.05, 0.1) is 5.60 Å². The molecule has 0 radical (unpaired) electrons. The molecule has 128 valence electrons. The van der Waals surface area contributed by atoms with Crippen molar-refractivity contribution in [3.8, 4) is 0 Å². The van der Waals surface area contributed by atoms with Crippen molar-refractivity contribution in [3.63, 3.8) is 0 Å². The van der Waals surface area contributed by atoms with Crippen molar-refractivity contribution < 1.29 is 4.74 Å². The van der Waals surface area contributed by atoms with Crippen LogP contribution in [0.3, 0.4) is 0 Å². The molecule has 0 aromatic carbocycles. The van der Waals surface area contributed by atoms with E-state index in [-0.39, 0.29) is 5.60 Å². The van der Waals surface area contributed by atoms with Crippen LogP contribution >= 0.6 is 0 Å². The maximum atomic E-state index is 6.90. The first-order valence-corrected chi connectivity index (χ1v) is 10.4. The van der Waals surface area contributed by atoms with E-state index in [1.54, 1.807) is 0 Å². The lowest BCUT2D eigenvalue weighted by Gasteiger charge is -2.77. The lowest BCUT2D eigenvalue weighted by molar-refractivity contribution is -0.295. The summed E-state index contributed by atoms with van der Waals surface area (Å²) in [4.78, 5) is 0. The molecular formula is C21H33NO. The number of ether oxygens (including phenoxy) is 1. The highest BCUT2D eigenvalue weighted by Gasteiger charge is 2.87. The molecule has 3 spiro atoms. The zero-order valence-electron chi connectivity index (χ0n) is 15.2. The van der Waals surface area contributed by atoms with Crippen LogP contribution < -0.4 is 5.32 Å². The normalized spacial score (nSPS) is 65.2. The van der Waals surface area contributed by atoms with E-state index in [1.807, 2.05) is 0 Å². The molecule has 8 atom stereocenters. The van der Waals surface area contributed by atoms with Crippen LogP contribution in [0.15, 0.2) is 0 Å². The van der Waals surface area contributed by atoms with Gasteiger partial charge in [0.15, 0.2) is 0 Å². The van der Waals surface area contributed by atoms with Gasteiger partial charge in [-0.25, -0.2) is 0 Å². The quantitative estimate of drug-likeness (QED) is 0.785. The largest absolute Gasteiger partial charge is 0.374 e. The Kier molecular flexibility index (Phi) is 2.36. The molecule has 4 aliphatic carbocycles. The summed E-state index contributed by atoms with van der Waals surface area (Å²) < 4.78 is 6.90. The fourth-order valence-electron chi connectivity index (χ4n) is 9.94. The van der Waals surface area contributed by atoms with Gasteiger partial charge in [-0.1, -0.05) is 20.8 Å². The lowest BCUT2D eigenvalue weighted by Crippen LogP contribution is -2.85. The Morgan fingerprint density at radius 2 is 1.87 bits per heavy atom. The van der Waals surface area contributed by atoms with Crippen molar-refractivity contribution in [2.24, 2.45) is 34.0 Å². The Hall–Kier alpha value is -0.0800. The van der Waals surface area contributed by atoms with Gasteiger partial charge in [0, 0.05) is 29.5 Å². The Morgan fingerprint density at radius 1 is 1.00 bits per heavy atom. The highest BCUT2D eigenvalue weighted by molar-refractivity contribution is 5.38. The first-order chi connectivity index (χ1) is 11.0. The molecule has 0 amide bonds. The molecule has 4 saturated carbocycles. The summed E-state index contributed by atoms with van der Waals surface area (Å²) in [5.41, 5.74) is 1.73. The van der Waals surface area contributed by atoms with Gasteiger partial charge in [-0.05, 0) is 74.5 Å². The van der Waals surface area contributed by atoms with Crippen LogP contribution in [0, 0.1) is 34.0 Å². The summed E-state index contributed by atoms with van der Waals surface area (Å²) in [6, 6.07) is 1.50. The molecule has 7 unspecified atom stereocenters. The van der Waals surface area contributed by atoms with Gasteiger partial charge in [0.25, 0.3) is 0 Å². The lowest BCUT2D eigenvalue weighted by atomic mass is 9.33. The van der Waals surface area contributed by atoms with Crippen LogP contribution in [0.25, 0.3) is 0 Å². The number of rotatable bonds is 1. The van der Waals surface area contributed by atoms with E-state index in [1.165, 1.54) is 51.4 Å².